The van der Waals surface area contributed by atoms with Gasteiger partial charge in [0.25, 0.3) is 0 Å². The smallest absolute Gasteiger partial charge is 0.188 e. The third-order valence-corrected chi connectivity index (χ3v) is 10.3. The molecule has 0 saturated heterocycles. The third-order valence-electron chi connectivity index (χ3n) is 9.30. The number of nitriles is 1. The summed E-state index contributed by atoms with van der Waals surface area (Å²) in [6.07, 6.45) is 0. The van der Waals surface area contributed by atoms with Gasteiger partial charge in [-0.05, 0) is 106 Å². The van der Waals surface area contributed by atoms with Gasteiger partial charge >= 0.3 is 0 Å². The molecule has 1 aliphatic rings. The van der Waals surface area contributed by atoms with Crippen molar-refractivity contribution in [2.75, 3.05) is 0 Å². The van der Waals surface area contributed by atoms with Crippen LogP contribution in [-0.2, 0) is 11.5 Å². The standard InChI is InChI=1S/C41H23N5S/c1-43-28-10-15-40-36(18-28)37-19-29(44-2)11-16-41(37)46(40)31-13-9-27-24-47-23-26-8-12-30(20-33(26)34(27)21-31)45-38-6-4-3-5-32(38)35-17-25(22-42)7-14-39(35)45/h3-21H,23-24H2. The van der Waals surface area contributed by atoms with Gasteiger partial charge in [0.05, 0.1) is 46.8 Å². The Kier molecular flexibility index (Phi) is 5.99. The summed E-state index contributed by atoms with van der Waals surface area (Å²) in [7, 11) is 0. The maximum Gasteiger partial charge on any atom is 0.188 e. The highest BCUT2D eigenvalue weighted by molar-refractivity contribution is 7.97. The molecule has 3 heterocycles. The monoisotopic (exact) mass is 617 g/mol. The van der Waals surface area contributed by atoms with Gasteiger partial charge < -0.3 is 9.13 Å². The minimum absolute atomic E-state index is 0.582. The number of rotatable bonds is 2. The molecular weight excluding hydrogens is 595 g/mol. The van der Waals surface area contributed by atoms with Crippen molar-refractivity contribution in [1.29, 1.82) is 5.26 Å². The Bertz CT molecular complexity index is 2690. The lowest BCUT2D eigenvalue weighted by atomic mass is 9.95. The van der Waals surface area contributed by atoms with E-state index in [1.165, 1.54) is 22.3 Å². The Morgan fingerprint density at radius 2 is 1.06 bits per heavy atom. The van der Waals surface area contributed by atoms with Crippen molar-refractivity contribution < 1.29 is 0 Å². The van der Waals surface area contributed by atoms with Gasteiger partial charge in [0.15, 0.2) is 11.4 Å². The van der Waals surface area contributed by atoms with Gasteiger partial charge in [-0.25, -0.2) is 9.69 Å². The quantitative estimate of drug-likeness (QED) is 0.181. The van der Waals surface area contributed by atoms with Crippen molar-refractivity contribution in [3.8, 4) is 28.6 Å². The molecule has 0 saturated carbocycles. The van der Waals surface area contributed by atoms with Crippen LogP contribution in [0.2, 0.25) is 0 Å². The van der Waals surface area contributed by atoms with Crippen LogP contribution in [0.5, 0.6) is 0 Å². The van der Waals surface area contributed by atoms with Crippen molar-refractivity contribution in [3.63, 3.8) is 0 Å². The first kappa shape index (κ1) is 27.1. The molecule has 0 N–H and O–H groups in total. The predicted octanol–water partition coefficient (Wildman–Crippen LogP) is 11.3. The largest absolute Gasteiger partial charge is 0.309 e. The predicted molar refractivity (Wildman–Crippen MR) is 193 cm³/mol. The Morgan fingerprint density at radius 3 is 1.62 bits per heavy atom. The Labute approximate surface area is 275 Å². The van der Waals surface area contributed by atoms with Crippen LogP contribution in [0.3, 0.4) is 0 Å². The van der Waals surface area contributed by atoms with Crippen LogP contribution in [0.4, 0.5) is 11.4 Å². The second-order valence-electron chi connectivity index (χ2n) is 11.8. The maximum absolute atomic E-state index is 9.62. The molecule has 0 spiro atoms. The molecule has 218 valence electrons. The van der Waals surface area contributed by atoms with E-state index < -0.39 is 0 Å². The lowest BCUT2D eigenvalue weighted by Gasteiger charge is -2.16. The Hall–Kier alpha value is -6.26. The first-order chi connectivity index (χ1) is 23.1. The second kappa shape index (κ2) is 10.4. The summed E-state index contributed by atoms with van der Waals surface area (Å²) in [5.41, 5.74) is 13.2. The molecule has 0 atom stereocenters. The third kappa shape index (κ3) is 4.08. The fourth-order valence-corrected chi connectivity index (χ4v) is 8.21. The maximum atomic E-state index is 9.62. The van der Waals surface area contributed by atoms with Crippen molar-refractivity contribution in [2.45, 2.75) is 11.5 Å². The zero-order chi connectivity index (χ0) is 31.6. The molecule has 0 aliphatic carbocycles. The van der Waals surface area contributed by atoms with Gasteiger partial charge in [-0.15, -0.1) is 0 Å². The van der Waals surface area contributed by atoms with Crippen molar-refractivity contribution in [2.24, 2.45) is 0 Å². The van der Waals surface area contributed by atoms with E-state index in [0.717, 1.165) is 66.5 Å². The van der Waals surface area contributed by atoms with E-state index in [2.05, 4.69) is 91.6 Å². The molecule has 6 aromatic carbocycles. The highest BCUT2D eigenvalue weighted by Gasteiger charge is 2.20. The lowest BCUT2D eigenvalue weighted by molar-refractivity contribution is 1.17. The number of nitrogens with zero attached hydrogens (tertiary/aromatic N) is 5. The van der Waals surface area contributed by atoms with E-state index >= 15 is 0 Å². The number of benzene rings is 6. The second-order valence-corrected chi connectivity index (χ2v) is 12.8. The average Bonchev–Trinajstić information content (AvgIpc) is 3.56. The van der Waals surface area contributed by atoms with E-state index in [0.29, 0.717) is 16.9 Å². The Balaban J connectivity index is 1.28. The van der Waals surface area contributed by atoms with Crippen LogP contribution in [0.15, 0.2) is 115 Å². The highest BCUT2D eigenvalue weighted by atomic mass is 32.2. The molecule has 0 unspecified atom stereocenters. The normalized spacial score (nSPS) is 12.4. The fraction of sp³-hybridized carbons (Fsp3) is 0.0488. The minimum Gasteiger partial charge on any atom is -0.309 e. The zero-order valence-corrected chi connectivity index (χ0v) is 25.8. The topological polar surface area (TPSA) is 42.4 Å². The first-order valence-electron chi connectivity index (χ1n) is 15.3. The van der Waals surface area contributed by atoms with Gasteiger partial charge in [0, 0.05) is 33.7 Å². The molecule has 6 heteroatoms. The summed E-state index contributed by atoms with van der Waals surface area (Å²) in [5, 5.41) is 13.8. The van der Waals surface area contributed by atoms with Gasteiger partial charge in [0.1, 0.15) is 0 Å². The van der Waals surface area contributed by atoms with E-state index in [1.807, 2.05) is 60.3 Å². The van der Waals surface area contributed by atoms with Gasteiger partial charge in [-0.3, -0.25) is 0 Å². The first-order valence-corrected chi connectivity index (χ1v) is 16.4. The van der Waals surface area contributed by atoms with E-state index in [9.17, 15) is 5.26 Å². The summed E-state index contributed by atoms with van der Waals surface area (Å²) in [4.78, 5) is 7.37. The highest BCUT2D eigenvalue weighted by Crippen LogP contribution is 2.42. The molecule has 0 fully saturated rings. The summed E-state index contributed by atoms with van der Waals surface area (Å²) in [6.45, 7) is 15.2. The van der Waals surface area contributed by atoms with Crippen LogP contribution in [0, 0.1) is 24.5 Å². The van der Waals surface area contributed by atoms with Gasteiger partial charge in [-0.2, -0.15) is 17.0 Å². The number of hydrogen-bond donors (Lipinski definition) is 0. The van der Waals surface area contributed by atoms with Crippen LogP contribution in [-0.4, -0.2) is 9.13 Å². The fourth-order valence-electron chi connectivity index (χ4n) is 7.17. The molecule has 0 amide bonds. The number of para-hydroxylation sites is 1. The molecule has 8 aromatic rings. The molecule has 2 aromatic heterocycles. The summed E-state index contributed by atoms with van der Waals surface area (Å²) < 4.78 is 4.57. The molecule has 5 nitrogen and oxygen atoms in total. The molecule has 0 radical (unpaired) electrons. The number of hydrogen-bond acceptors (Lipinski definition) is 2. The molecule has 47 heavy (non-hydrogen) atoms. The van der Waals surface area contributed by atoms with E-state index in [4.69, 9.17) is 13.1 Å². The minimum atomic E-state index is 0.582. The molecule has 9 rings (SSSR count). The van der Waals surface area contributed by atoms with Gasteiger partial charge in [0.2, 0.25) is 0 Å². The number of fused-ring (bicyclic) bond motifs is 9. The van der Waals surface area contributed by atoms with Crippen LogP contribution >= 0.6 is 11.8 Å². The summed E-state index contributed by atoms with van der Waals surface area (Å²) >= 11 is 1.93. The number of aromatic nitrogens is 2. The molecule has 0 bridgehead atoms. The Morgan fingerprint density at radius 1 is 0.553 bits per heavy atom. The van der Waals surface area contributed by atoms with Crippen LogP contribution in [0.1, 0.15) is 16.7 Å². The summed E-state index contributed by atoms with van der Waals surface area (Å²) in [5.74, 6) is 1.84. The average molecular weight is 618 g/mol. The van der Waals surface area contributed by atoms with Gasteiger partial charge in [-0.1, -0.05) is 42.5 Å². The van der Waals surface area contributed by atoms with Crippen molar-refractivity contribution in [1.82, 2.24) is 9.13 Å². The van der Waals surface area contributed by atoms with E-state index in [-0.39, 0.29) is 0 Å². The van der Waals surface area contributed by atoms with Crippen molar-refractivity contribution in [3.05, 3.63) is 155 Å². The lowest BCUT2D eigenvalue weighted by Crippen LogP contribution is -1.99. The van der Waals surface area contributed by atoms with Crippen LogP contribution in [0.25, 0.3) is 75.8 Å². The number of thioether (sulfide) groups is 1. The molecular formula is C41H23N5S. The van der Waals surface area contributed by atoms with Crippen LogP contribution < -0.4 is 0 Å². The SMILES string of the molecule is [C-]#[N+]c1ccc2c(c1)c1cc([N+]#[C-])ccc1n2-c1ccc2c(c1)-c1cc(-n3c4ccccc4c4cc(C#N)ccc43)ccc1CSC2. The van der Waals surface area contributed by atoms with E-state index in [1.54, 1.807) is 0 Å². The van der Waals surface area contributed by atoms with Crippen molar-refractivity contribution >= 4 is 66.7 Å². The summed E-state index contributed by atoms with van der Waals surface area (Å²) in [6, 6.07) is 41.8. The molecule has 1 aliphatic heterocycles. The zero-order valence-electron chi connectivity index (χ0n) is 25.0.